The first-order valence-electron chi connectivity index (χ1n) is 4.91. The molecule has 0 heterocycles. The lowest BCUT2D eigenvalue weighted by atomic mass is 10.1. The van der Waals surface area contributed by atoms with Gasteiger partial charge in [0.1, 0.15) is 0 Å². The van der Waals surface area contributed by atoms with Crippen LogP contribution < -0.4 is 10.5 Å². The second-order valence-electron chi connectivity index (χ2n) is 3.58. The van der Waals surface area contributed by atoms with Crippen molar-refractivity contribution in [2.75, 3.05) is 14.1 Å². The van der Waals surface area contributed by atoms with E-state index >= 15 is 0 Å². The number of nitrogens with two attached hydrogens (primary N) is 1. The summed E-state index contributed by atoms with van der Waals surface area (Å²) in [4.78, 5) is 0. The molecule has 16 heavy (non-hydrogen) atoms. The molecule has 0 saturated heterocycles. The molecule has 0 amide bonds. The minimum atomic E-state index is -3.38. The summed E-state index contributed by atoms with van der Waals surface area (Å²) in [6.45, 7) is 0.660. The van der Waals surface area contributed by atoms with Crippen LogP contribution >= 0.6 is 0 Å². The molecule has 0 spiro atoms. The largest absolute Gasteiger partial charge is 0.326 e. The van der Waals surface area contributed by atoms with Gasteiger partial charge < -0.3 is 5.73 Å². The molecule has 5 nitrogen and oxygen atoms in total. The van der Waals surface area contributed by atoms with Crippen LogP contribution in [0.1, 0.15) is 11.1 Å². The van der Waals surface area contributed by atoms with Crippen LogP contribution in [0.3, 0.4) is 0 Å². The first-order valence-corrected chi connectivity index (χ1v) is 6.35. The molecule has 0 unspecified atom stereocenters. The highest BCUT2D eigenvalue weighted by molar-refractivity contribution is 7.87. The summed E-state index contributed by atoms with van der Waals surface area (Å²) in [5.41, 5.74) is 7.41. The van der Waals surface area contributed by atoms with E-state index < -0.39 is 10.2 Å². The molecule has 0 aliphatic rings. The first-order chi connectivity index (χ1) is 7.47. The molecule has 0 aromatic heterocycles. The second-order valence-corrected chi connectivity index (χ2v) is 5.55. The maximum atomic E-state index is 11.5. The molecule has 90 valence electrons. The third kappa shape index (κ3) is 3.28. The Kier molecular flexibility index (Phi) is 4.43. The van der Waals surface area contributed by atoms with E-state index in [4.69, 9.17) is 5.73 Å². The molecule has 0 bridgehead atoms. The van der Waals surface area contributed by atoms with Crippen molar-refractivity contribution in [1.82, 2.24) is 9.03 Å². The summed E-state index contributed by atoms with van der Waals surface area (Å²) in [6.07, 6.45) is 0. The van der Waals surface area contributed by atoms with Crippen LogP contribution in [-0.2, 0) is 23.3 Å². The van der Waals surface area contributed by atoms with Gasteiger partial charge in [-0.3, -0.25) is 0 Å². The number of benzene rings is 1. The zero-order valence-electron chi connectivity index (χ0n) is 9.47. The minimum absolute atomic E-state index is 0.258. The van der Waals surface area contributed by atoms with Crippen molar-refractivity contribution in [3.05, 3.63) is 35.4 Å². The smallest absolute Gasteiger partial charge is 0.279 e. The van der Waals surface area contributed by atoms with E-state index in [2.05, 4.69) is 4.72 Å². The summed E-state index contributed by atoms with van der Waals surface area (Å²) < 4.78 is 26.6. The SMILES string of the molecule is CN(C)S(=O)(=O)NCc1ccccc1CN. The Morgan fingerprint density at radius 1 is 1.25 bits per heavy atom. The zero-order valence-corrected chi connectivity index (χ0v) is 10.3. The summed E-state index contributed by atoms with van der Waals surface area (Å²) in [5, 5.41) is 0. The van der Waals surface area contributed by atoms with Crippen LogP contribution in [0.5, 0.6) is 0 Å². The molecule has 1 rings (SSSR count). The zero-order chi connectivity index (χ0) is 12.2. The van der Waals surface area contributed by atoms with Gasteiger partial charge in [-0.25, -0.2) is 0 Å². The highest BCUT2D eigenvalue weighted by Gasteiger charge is 2.12. The minimum Gasteiger partial charge on any atom is -0.326 e. The molecule has 0 fully saturated rings. The fourth-order valence-electron chi connectivity index (χ4n) is 1.23. The summed E-state index contributed by atoms with van der Waals surface area (Å²) in [5.74, 6) is 0. The first kappa shape index (κ1) is 13.1. The monoisotopic (exact) mass is 243 g/mol. The highest BCUT2D eigenvalue weighted by Crippen LogP contribution is 2.08. The Bertz CT molecular complexity index is 443. The second kappa shape index (κ2) is 5.40. The van der Waals surface area contributed by atoms with Crippen molar-refractivity contribution in [3.63, 3.8) is 0 Å². The molecule has 3 N–H and O–H groups in total. The van der Waals surface area contributed by atoms with Crippen molar-refractivity contribution in [3.8, 4) is 0 Å². The number of hydrogen-bond acceptors (Lipinski definition) is 3. The summed E-state index contributed by atoms with van der Waals surface area (Å²) in [6, 6.07) is 7.49. The Hall–Kier alpha value is -0.950. The van der Waals surface area contributed by atoms with E-state index in [-0.39, 0.29) is 6.54 Å². The van der Waals surface area contributed by atoms with Gasteiger partial charge in [-0.05, 0) is 11.1 Å². The summed E-state index contributed by atoms with van der Waals surface area (Å²) in [7, 11) is -0.412. The predicted molar refractivity (Wildman–Crippen MR) is 63.8 cm³/mol. The van der Waals surface area contributed by atoms with Gasteiger partial charge in [0, 0.05) is 27.2 Å². The van der Waals surface area contributed by atoms with E-state index in [9.17, 15) is 8.42 Å². The number of rotatable bonds is 5. The summed E-state index contributed by atoms with van der Waals surface area (Å²) >= 11 is 0. The Morgan fingerprint density at radius 3 is 2.31 bits per heavy atom. The van der Waals surface area contributed by atoms with Crippen molar-refractivity contribution in [2.45, 2.75) is 13.1 Å². The van der Waals surface area contributed by atoms with Crippen LogP contribution in [0.4, 0.5) is 0 Å². The van der Waals surface area contributed by atoms with Crippen LogP contribution in [0.25, 0.3) is 0 Å². The van der Waals surface area contributed by atoms with Gasteiger partial charge in [-0.1, -0.05) is 24.3 Å². The van der Waals surface area contributed by atoms with E-state index in [1.54, 1.807) is 0 Å². The Balaban J connectivity index is 2.75. The quantitative estimate of drug-likeness (QED) is 0.767. The Morgan fingerprint density at radius 2 is 1.81 bits per heavy atom. The van der Waals surface area contributed by atoms with Crippen LogP contribution in [0.2, 0.25) is 0 Å². The maximum Gasteiger partial charge on any atom is 0.279 e. The number of nitrogens with zero attached hydrogens (tertiary/aromatic N) is 1. The number of hydrogen-bond donors (Lipinski definition) is 2. The third-order valence-corrected chi connectivity index (χ3v) is 3.73. The van der Waals surface area contributed by atoms with Crippen molar-refractivity contribution < 1.29 is 8.42 Å². The number of nitrogens with one attached hydrogen (secondary N) is 1. The fourth-order valence-corrected chi connectivity index (χ4v) is 1.82. The van der Waals surface area contributed by atoms with Crippen molar-refractivity contribution in [2.24, 2.45) is 5.73 Å². The van der Waals surface area contributed by atoms with Gasteiger partial charge in [0.15, 0.2) is 0 Å². The molecular formula is C10H17N3O2S. The lowest BCUT2D eigenvalue weighted by Gasteiger charge is -2.13. The molecule has 0 atom stereocenters. The molecule has 1 aromatic rings. The molecule has 6 heteroatoms. The van der Waals surface area contributed by atoms with E-state index in [1.165, 1.54) is 14.1 Å². The molecular weight excluding hydrogens is 226 g/mol. The molecule has 0 radical (unpaired) electrons. The standard InChI is InChI=1S/C10H17N3O2S/c1-13(2)16(14,15)12-8-10-6-4-3-5-9(10)7-11/h3-6,12H,7-8,11H2,1-2H3. The van der Waals surface area contributed by atoms with E-state index in [0.29, 0.717) is 6.54 Å². The average molecular weight is 243 g/mol. The predicted octanol–water partition coefficient (Wildman–Crippen LogP) is 0.0413. The molecule has 0 aliphatic heterocycles. The maximum absolute atomic E-state index is 11.5. The topological polar surface area (TPSA) is 75.4 Å². The van der Waals surface area contributed by atoms with Gasteiger partial charge >= 0.3 is 0 Å². The van der Waals surface area contributed by atoms with Crippen LogP contribution in [0, 0.1) is 0 Å². The van der Waals surface area contributed by atoms with Crippen molar-refractivity contribution in [1.29, 1.82) is 0 Å². The average Bonchev–Trinajstić information content (AvgIpc) is 2.26. The lowest BCUT2D eigenvalue weighted by molar-refractivity contribution is 0.505. The van der Waals surface area contributed by atoms with E-state index in [1.807, 2.05) is 24.3 Å². The van der Waals surface area contributed by atoms with Crippen LogP contribution in [0.15, 0.2) is 24.3 Å². The molecule has 0 saturated carbocycles. The Labute approximate surface area is 96.4 Å². The third-order valence-electron chi connectivity index (χ3n) is 2.26. The molecule has 0 aliphatic carbocycles. The van der Waals surface area contributed by atoms with Crippen molar-refractivity contribution >= 4 is 10.2 Å². The van der Waals surface area contributed by atoms with Gasteiger partial charge in [0.2, 0.25) is 0 Å². The van der Waals surface area contributed by atoms with E-state index in [0.717, 1.165) is 15.4 Å². The van der Waals surface area contributed by atoms with Gasteiger partial charge in [0.05, 0.1) is 0 Å². The molecule has 1 aromatic carbocycles. The fraction of sp³-hybridized carbons (Fsp3) is 0.400. The highest BCUT2D eigenvalue weighted by atomic mass is 32.2. The van der Waals surface area contributed by atoms with Gasteiger partial charge in [-0.2, -0.15) is 17.4 Å². The normalized spacial score (nSPS) is 12.0. The lowest BCUT2D eigenvalue weighted by Crippen LogP contribution is -2.35. The van der Waals surface area contributed by atoms with Gasteiger partial charge in [-0.15, -0.1) is 0 Å². The van der Waals surface area contributed by atoms with Gasteiger partial charge in [0.25, 0.3) is 10.2 Å². The van der Waals surface area contributed by atoms with Crippen LogP contribution in [-0.4, -0.2) is 26.8 Å².